The van der Waals surface area contributed by atoms with Crippen LogP contribution in [0.15, 0.2) is 32.7 Å². The van der Waals surface area contributed by atoms with Gasteiger partial charge < -0.3 is 14.8 Å². The van der Waals surface area contributed by atoms with Crippen LogP contribution in [-0.2, 0) is 25.4 Å². The summed E-state index contributed by atoms with van der Waals surface area (Å²) in [7, 11) is 7.08. The van der Waals surface area contributed by atoms with Gasteiger partial charge in [0.25, 0.3) is 5.56 Å². The van der Waals surface area contributed by atoms with Gasteiger partial charge in [-0.3, -0.25) is 14.2 Å². The fourth-order valence-corrected chi connectivity index (χ4v) is 3.72. The molecule has 9 nitrogen and oxygen atoms in total. The van der Waals surface area contributed by atoms with Gasteiger partial charge in [0.1, 0.15) is 6.54 Å². The fourth-order valence-electron chi connectivity index (χ4n) is 3.01. The van der Waals surface area contributed by atoms with Crippen LogP contribution in [-0.4, -0.2) is 50.1 Å². The molecule has 3 heterocycles. The van der Waals surface area contributed by atoms with Crippen molar-refractivity contribution in [3.8, 4) is 0 Å². The lowest BCUT2D eigenvalue weighted by atomic mass is 10.1. The minimum absolute atomic E-state index is 0.0132. The number of hydrogen-bond acceptors (Lipinski definition) is 6. The maximum Gasteiger partial charge on any atom is 0.332 e. The van der Waals surface area contributed by atoms with E-state index in [1.165, 1.54) is 17.9 Å². The van der Waals surface area contributed by atoms with Gasteiger partial charge in [0.2, 0.25) is 5.91 Å². The molecule has 1 unspecified atom stereocenters. The molecule has 0 aliphatic rings. The Labute approximate surface area is 159 Å². The first-order chi connectivity index (χ1) is 12.8. The molecule has 0 bridgehead atoms. The molecule has 0 saturated carbocycles. The third-order valence-electron chi connectivity index (χ3n) is 4.55. The third kappa shape index (κ3) is 3.58. The quantitative estimate of drug-likeness (QED) is 0.635. The summed E-state index contributed by atoms with van der Waals surface area (Å²) in [5.41, 5.74) is 0.604. The normalized spacial score (nSPS) is 12.6. The molecule has 0 saturated heterocycles. The number of amides is 1. The van der Waals surface area contributed by atoms with Gasteiger partial charge in [0, 0.05) is 20.6 Å². The number of rotatable bonds is 6. The average Bonchev–Trinajstić information content (AvgIpc) is 3.27. The number of hydrogen-bond donors (Lipinski definition) is 1. The zero-order valence-electron chi connectivity index (χ0n) is 15.7. The van der Waals surface area contributed by atoms with Crippen LogP contribution in [0.3, 0.4) is 0 Å². The van der Waals surface area contributed by atoms with E-state index < -0.39 is 17.2 Å². The number of fused-ring (bicyclic) bond motifs is 1. The van der Waals surface area contributed by atoms with E-state index in [0.717, 1.165) is 10.1 Å². The molecular formula is C17H22N6O3S. The lowest BCUT2D eigenvalue weighted by molar-refractivity contribution is -0.122. The number of carbonyl (C=O) groups excluding carboxylic acids is 1. The minimum atomic E-state index is -0.566. The number of likely N-dealkylation sites (N-methyl/N-ethyl adjacent to an activating group) is 1. The molecule has 0 aliphatic carbocycles. The van der Waals surface area contributed by atoms with Crippen molar-refractivity contribution in [3.05, 3.63) is 49.6 Å². The van der Waals surface area contributed by atoms with Crippen LogP contribution in [0, 0.1) is 0 Å². The number of imidazole rings is 1. The summed E-state index contributed by atoms with van der Waals surface area (Å²) in [6.07, 6.45) is 1.47. The van der Waals surface area contributed by atoms with Crippen molar-refractivity contribution in [3.63, 3.8) is 0 Å². The SMILES string of the molecule is CN(C)C(CNC(=O)Cn1c(=O)c2c(ncn2C)n(C)c1=O)c1ccsc1. The van der Waals surface area contributed by atoms with Crippen LogP contribution in [0.25, 0.3) is 11.2 Å². The first-order valence-corrected chi connectivity index (χ1v) is 9.31. The van der Waals surface area contributed by atoms with Crippen molar-refractivity contribution < 1.29 is 4.79 Å². The predicted octanol–water partition coefficient (Wildman–Crippen LogP) is -0.0857. The molecule has 0 fully saturated rings. The highest BCUT2D eigenvalue weighted by Gasteiger charge is 2.19. The van der Waals surface area contributed by atoms with Crippen molar-refractivity contribution in [2.75, 3.05) is 20.6 Å². The monoisotopic (exact) mass is 390 g/mol. The molecule has 1 atom stereocenters. The van der Waals surface area contributed by atoms with Gasteiger partial charge in [-0.1, -0.05) is 0 Å². The Kier molecular flexibility index (Phi) is 5.29. The van der Waals surface area contributed by atoms with Crippen LogP contribution in [0.2, 0.25) is 0 Å². The Morgan fingerprint density at radius 3 is 2.70 bits per heavy atom. The van der Waals surface area contributed by atoms with Crippen LogP contribution in [0.5, 0.6) is 0 Å². The number of aromatic nitrogens is 4. The molecule has 3 rings (SSSR count). The Morgan fingerprint density at radius 1 is 1.33 bits per heavy atom. The van der Waals surface area contributed by atoms with E-state index in [-0.39, 0.29) is 18.1 Å². The fraction of sp³-hybridized carbons (Fsp3) is 0.412. The molecule has 3 aromatic rings. The third-order valence-corrected chi connectivity index (χ3v) is 5.25. The second-order valence-electron chi connectivity index (χ2n) is 6.60. The molecule has 0 spiro atoms. The van der Waals surface area contributed by atoms with E-state index in [9.17, 15) is 14.4 Å². The number of thiophene rings is 1. The van der Waals surface area contributed by atoms with E-state index in [1.807, 2.05) is 35.8 Å². The molecule has 27 heavy (non-hydrogen) atoms. The number of nitrogens with zero attached hydrogens (tertiary/aromatic N) is 5. The smallest absolute Gasteiger partial charge is 0.332 e. The zero-order valence-corrected chi connectivity index (χ0v) is 16.5. The lowest BCUT2D eigenvalue weighted by Crippen LogP contribution is -2.44. The maximum atomic E-state index is 12.7. The summed E-state index contributed by atoms with van der Waals surface area (Å²) >= 11 is 1.59. The van der Waals surface area contributed by atoms with Crippen molar-refractivity contribution in [2.45, 2.75) is 12.6 Å². The van der Waals surface area contributed by atoms with Crippen molar-refractivity contribution in [1.29, 1.82) is 0 Å². The topological polar surface area (TPSA) is 94.2 Å². The van der Waals surface area contributed by atoms with E-state index >= 15 is 0 Å². The first-order valence-electron chi connectivity index (χ1n) is 8.37. The van der Waals surface area contributed by atoms with Crippen LogP contribution < -0.4 is 16.6 Å². The van der Waals surface area contributed by atoms with E-state index in [1.54, 1.807) is 23.0 Å². The maximum absolute atomic E-state index is 12.7. The highest BCUT2D eigenvalue weighted by atomic mass is 32.1. The highest BCUT2D eigenvalue weighted by molar-refractivity contribution is 7.07. The van der Waals surface area contributed by atoms with Gasteiger partial charge in [0.15, 0.2) is 11.2 Å². The minimum Gasteiger partial charge on any atom is -0.353 e. The van der Waals surface area contributed by atoms with Crippen LogP contribution in [0.4, 0.5) is 0 Å². The average molecular weight is 390 g/mol. The molecule has 10 heteroatoms. The molecule has 1 N–H and O–H groups in total. The highest BCUT2D eigenvalue weighted by Crippen LogP contribution is 2.19. The standard InChI is InChI=1S/C17H22N6O3S/c1-20(2)12(11-5-6-27-9-11)7-18-13(24)8-23-16(25)14-15(19-10-21(14)3)22(4)17(23)26/h5-6,9-10,12H,7-8H2,1-4H3,(H,18,24). The molecule has 0 aliphatic heterocycles. The molecule has 1 amide bonds. The van der Waals surface area contributed by atoms with Gasteiger partial charge in [-0.25, -0.2) is 14.3 Å². The summed E-state index contributed by atoms with van der Waals surface area (Å²) in [5.74, 6) is -0.391. The van der Waals surface area contributed by atoms with Crippen LogP contribution >= 0.6 is 11.3 Å². The van der Waals surface area contributed by atoms with Gasteiger partial charge in [-0.05, 0) is 36.5 Å². The van der Waals surface area contributed by atoms with Crippen molar-refractivity contribution >= 4 is 28.4 Å². The predicted molar refractivity (Wildman–Crippen MR) is 104 cm³/mol. The van der Waals surface area contributed by atoms with Crippen LogP contribution in [0.1, 0.15) is 11.6 Å². The number of aryl methyl sites for hydroxylation is 2. The molecular weight excluding hydrogens is 368 g/mol. The molecule has 144 valence electrons. The summed E-state index contributed by atoms with van der Waals surface area (Å²) < 4.78 is 3.76. The van der Waals surface area contributed by atoms with E-state index in [0.29, 0.717) is 12.2 Å². The summed E-state index contributed by atoms with van der Waals surface area (Å²) in [6.45, 7) is 0.0437. The molecule has 3 aromatic heterocycles. The Morgan fingerprint density at radius 2 is 2.07 bits per heavy atom. The second-order valence-corrected chi connectivity index (χ2v) is 7.38. The van der Waals surface area contributed by atoms with Crippen molar-refractivity contribution in [1.82, 2.24) is 28.9 Å². The van der Waals surface area contributed by atoms with E-state index in [4.69, 9.17) is 0 Å². The number of carbonyl (C=O) groups is 1. The van der Waals surface area contributed by atoms with Gasteiger partial charge in [0.05, 0.1) is 12.4 Å². The van der Waals surface area contributed by atoms with E-state index in [2.05, 4.69) is 10.3 Å². The van der Waals surface area contributed by atoms with Crippen molar-refractivity contribution in [2.24, 2.45) is 14.1 Å². The second kappa shape index (κ2) is 7.49. The van der Waals surface area contributed by atoms with Gasteiger partial charge >= 0.3 is 5.69 Å². The lowest BCUT2D eigenvalue weighted by Gasteiger charge is -2.24. The number of nitrogens with one attached hydrogen (secondary N) is 1. The first kappa shape index (κ1) is 19.1. The summed E-state index contributed by atoms with van der Waals surface area (Å²) in [6, 6.07) is 2.03. The van der Waals surface area contributed by atoms with Gasteiger partial charge in [-0.15, -0.1) is 0 Å². The Balaban J connectivity index is 1.81. The Hall–Kier alpha value is -2.72. The summed E-state index contributed by atoms with van der Waals surface area (Å²) in [4.78, 5) is 43.6. The zero-order chi connectivity index (χ0) is 19.7. The Bertz CT molecular complexity index is 1080. The summed E-state index contributed by atoms with van der Waals surface area (Å²) in [5, 5.41) is 6.85. The largest absolute Gasteiger partial charge is 0.353 e. The van der Waals surface area contributed by atoms with Gasteiger partial charge in [-0.2, -0.15) is 11.3 Å². The molecule has 0 radical (unpaired) electrons. The molecule has 0 aromatic carbocycles.